The van der Waals surface area contributed by atoms with Crippen LogP contribution in [0.5, 0.6) is 0 Å². The first kappa shape index (κ1) is 25.9. The largest absolute Gasteiger partial charge is 0.757 e. The number of hydrogen-bond donors (Lipinski definition) is 2. The number of nitrogens with one attached hydrogen (secondary N) is 2. The molecule has 0 bridgehead atoms. The third kappa shape index (κ3) is 5.97. The van der Waals surface area contributed by atoms with E-state index in [0.717, 1.165) is 0 Å². The smallest absolute Gasteiger partial charge is 0.416 e. The molecule has 0 aliphatic carbocycles. The van der Waals surface area contributed by atoms with Crippen molar-refractivity contribution in [1.29, 1.82) is 0 Å². The van der Waals surface area contributed by atoms with Gasteiger partial charge in [0.15, 0.2) is 12.1 Å². The van der Waals surface area contributed by atoms with E-state index in [0.29, 0.717) is 55.7 Å². The Morgan fingerprint density at radius 2 is 1.66 bits per heavy atom. The third-order valence-electron chi connectivity index (χ3n) is 5.88. The van der Waals surface area contributed by atoms with E-state index in [-0.39, 0.29) is 29.2 Å². The molecule has 194 valence electrons. The average Bonchev–Trinajstić information content (AvgIpc) is 2.81. The van der Waals surface area contributed by atoms with E-state index in [9.17, 15) is 31.5 Å². The Labute approximate surface area is 201 Å². The molecule has 1 saturated heterocycles. The first-order valence-electron chi connectivity index (χ1n) is 10.7. The molecule has 35 heavy (non-hydrogen) atoms. The summed E-state index contributed by atoms with van der Waals surface area (Å²) in [7, 11) is 0. The van der Waals surface area contributed by atoms with Crippen LogP contribution in [-0.4, -0.2) is 61.7 Å². The number of ether oxygens (including phenoxy) is 2. The summed E-state index contributed by atoms with van der Waals surface area (Å²) in [6.07, 6.45) is -9.82. The zero-order valence-electron chi connectivity index (χ0n) is 18.2. The molecule has 14 heteroatoms. The van der Waals surface area contributed by atoms with Crippen molar-refractivity contribution < 1.29 is 35.8 Å². The second-order valence-corrected chi connectivity index (χ2v) is 8.63. The van der Waals surface area contributed by atoms with Crippen LogP contribution in [0.4, 0.5) is 26.3 Å². The van der Waals surface area contributed by atoms with Crippen molar-refractivity contribution in [2.75, 3.05) is 39.5 Å². The second kappa shape index (κ2) is 10.1. The van der Waals surface area contributed by atoms with Crippen LogP contribution in [0.1, 0.15) is 16.7 Å². The van der Waals surface area contributed by atoms with Crippen LogP contribution < -0.4 is 10.6 Å². The maximum atomic E-state index is 13.3. The lowest BCUT2D eigenvalue weighted by atomic mass is 9.94. The molecule has 2 N–H and O–H groups in total. The van der Waals surface area contributed by atoms with Gasteiger partial charge in [0.2, 0.25) is 0 Å². The van der Waals surface area contributed by atoms with Gasteiger partial charge in [0.1, 0.15) is 0 Å². The molecule has 1 aromatic rings. The quantitative estimate of drug-likeness (QED) is 0.460. The first-order chi connectivity index (χ1) is 16.4. The maximum absolute atomic E-state index is 13.3. The van der Waals surface area contributed by atoms with Gasteiger partial charge in [-0.05, 0) is 30.2 Å². The minimum absolute atomic E-state index is 0.0495. The number of hydroxylamine groups is 2. The van der Waals surface area contributed by atoms with Crippen LogP contribution in [0.15, 0.2) is 40.9 Å². The zero-order chi connectivity index (χ0) is 25.4. The Bertz CT molecular complexity index is 962. The lowest BCUT2D eigenvalue weighted by Crippen LogP contribution is -2.50. The Hall–Kier alpha value is -2.19. The van der Waals surface area contributed by atoms with Gasteiger partial charge in [-0.15, -0.1) is 0 Å². The van der Waals surface area contributed by atoms with Gasteiger partial charge in [-0.1, -0.05) is 11.6 Å². The Morgan fingerprint density at radius 1 is 1.03 bits per heavy atom. The maximum Gasteiger partial charge on any atom is 0.416 e. The van der Waals surface area contributed by atoms with Crippen molar-refractivity contribution in [3.63, 3.8) is 0 Å². The van der Waals surface area contributed by atoms with E-state index in [1.165, 1.54) is 6.08 Å². The van der Waals surface area contributed by atoms with Crippen LogP contribution >= 0.6 is 11.6 Å². The lowest BCUT2D eigenvalue weighted by molar-refractivity contribution is -0.143. The standard InChI is InChI=1S/C21H22ClF6N4O3/c22-17-9-18(31-1-3-34-4-2-31)35-19-15(10-29-11-30-19)16(32(17)33)7-12-5-13(20(23,24)25)8-14(6-12)21(26,27)28/h5-6,8-9,16,18,29-30H,1-4,7,10-11H2/q-1/b17-9-. The molecule has 0 radical (unpaired) electrons. The highest BCUT2D eigenvalue weighted by Gasteiger charge is 2.38. The van der Waals surface area contributed by atoms with Crippen LogP contribution in [0.25, 0.3) is 0 Å². The van der Waals surface area contributed by atoms with Gasteiger partial charge in [0.05, 0.1) is 42.2 Å². The molecule has 0 saturated carbocycles. The van der Waals surface area contributed by atoms with E-state index >= 15 is 0 Å². The highest BCUT2D eigenvalue weighted by atomic mass is 35.5. The average molecular weight is 528 g/mol. The second-order valence-electron chi connectivity index (χ2n) is 8.24. The summed E-state index contributed by atoms with van der Waals surface area (Å²) in [5, 5.41) is 19.3. The van der Waals surface area contributed by atoms with Crippen molar-refractivity contribution in [3.8, 4) is 0 Å². The molecule has 2 unspecified atom stereocenters. The van der Waals surface area contributed by atoms with Crippen LogP contribution in [0, 0.1) is 5.21 Å². The molecule has 7 nitrogen and oxygen atoms in total. The number of hydrogen-bond acceptors (Lipinski definition) is 7. The SMILES string of the molecule is [O-]N1/C(Cl)=C\C(N2CCOCC2)OC2=C(CNCN2)C1Cc1cc(C(F)(F)F)cc(C(F)(F)F)c1. The van der Waals surface area contributed by atoms with Crippen molar-refractivity contribution in [2.24, 2.45) is 0 Å². The predicted octanol–water partition coefficient (Wildman–Crippen LogP) is 3.57. The Morgan fingerprint density at radius 3 is 2.26 bits per heavy atom. The van der Waals surface area contributed by atoms with Crippen LogP contribution in [0.3, 0.4) is 0 Å². The molecule has 1 aromatic carbocycles. The highest BCUT2D eigenvalue weighted by Crippen LogP contribution is 2.37. The van der Waals surface area contributed by atoms with Crippen LogP contribution in [0.2, 0.25) is 0 Å². The van der Waals surface area contributed by atoms with Gasteiger partial charge < -0.3 is 25.1 Å². The molecule has 3 aliphatic rings. The molecule has 0 aromatic heterocycles. The van der Waals surface area contributed by atoms with Gasteiger partial charge in [0, 0.05) is 31.3 Å². The van der Waals surface area contributed by atoms with Gasteiger partial charge in [-0.25, -0.2) is 0 Å². The molecule has 1 fully saturated rings. The summed E-state index contributed by atoms with van der Waals surface area (Å²) in [5.74, 6) is 0.231. The molecule has 4 rings (SSSR count). The highest BCUT2D eigenvalue weighted by molar-refractivity contribution is 6.29. The van der Waals surface area contributed by atoms with Crippen LogP contribution in [-0.2, 0) is 28.2 Å². The van der Waals surface area contributed by atoms with E-state index in [4.69, 9.17) is 21.1 Å². The monoisotopic (exact) mass is 527 g/mol. The molecule has 3 aliphatic heterocycles. The predicted molar refractivity (Wildman–Crippen MR) is 113 cm³/mol. The van der Waals surface area contributed by atoms with Gasteiger partial charge >= 0.3 is 12.4 Å². The van der Waals surface area contributed by atoms with E-state index in [2.05, 4.69) is 10.6 Å². The number of benzene rings is 1. The fourth-order valence-electron chi connectivity index (χ4n) is 4.13. The summed E-state index contributed by atoms with van der Waals surface area (Å²) in [4.78, 5) is 1.90. The topological polar surface area (TPSA) is 72.1 Å². The minimum atomic E-state index is -5.00. The fraction of sp³-hybridized carbons (Fsp3) is 0.524. The number of halogens is 7. The molecule has 0 amide bonds. The van der Waals surface area contributed by atoms with Crippen molar-refractivity contribution >= 4 is 11.6 Å². The normalized spacial score (nSPS) is 26.2. The molecular weight excluding hydrogens is 506 g/mol. The number of morpholine rings is 1. The summed E-state index contributed by atoms with van der Waals surface area (Å²) < 4.78 is 91.4. The minimum Gasteiger partial charge on any atom is -0.757 e. The fourth-order valence-corrected chi connectivity index (χ4v) is 4.36. The lowest BCUT2D eigenvalue weighted by Gasteiger charge is -2.45. The summed E-state index contributed by atoms with van der Waals surface area (Å²) in [6.45, 7) is 2.34. The molecule has 3 heterocycles. The van der Waals surface area contributed by atoms with Gasteiger partial charge in [-0.2, -0.15) is 26.3 Å². The van der Waals surface area contributed by atoms with E-state index in [1.807, 2.05) is 4.90 Å². The van der Waals surface area contributed by atoms with Crippen molar-refractivity contribution in [1.82, 2.24) is 20.6 Å². The summed E-state index contributed by atoms with van der Waals surface area (Å²) >= 11 is 6.27. The third-order valence-corrected chi connectivity index (χ3v) is 6.17. The van der Waals surface area contributed by atoms with Crippen molar-refractivity contribution in [3.05, 3.63) is 62.8 Å². The number of rotatable bonds is 3. The first-order valence-corrected chi connectivity index (χ1v) is 11.1. The molecular formula is C21H22ClF6N4O3-. The van der Waals surface area contributed by atoms with E-state index in [1.54, 1.807) is 0 Å². The van der Waals surface area contributed by atoms with Crippen molar-refractivity contribution in [2.45, 2.75) is 31.0 Å². The molecule has 0 spiro atoms. The number of nitrogens with zero attached hydrogens (tertiary/aromatic N) is 2. The zero-order valence-corrected chi connectivity index (χ0v) is 18.9. The Balaban J connectivity index is 1.71. The summed E-state index contributed by atoms with van der Waals surface area (Å²) in [6, 6.07) is 0.0550. The number of alkyl halides is 6. The van der Waals surface area contributed by atoms with Gasteiger partial charge in [0.25, 0.3) is 0 Å². The Kier molecular flexibility index (Phi) is 7.44. The molecule has 2 atom stereocenters. The van der Waals surface area contributed by atoms with E-state index < -0.39 is 42.2 Å². The van der Waals surface area contributed by atoms with Gasteiger partial charge in [-0.3, -0.25) is 10.2 Å². The summed E-state index contributed by atoms with van der Waals surface area (Å²) in [5.41, 5.74) is -2.89.